The molecule has 2 aromatic carbocycles. The number of aromatic nitrogens is 4. The molecule has 2 aromatic heterocycles. The number of ether oxygens (including phenoxy) is 2. The molecule has 0 unspecified atom stereocenters. The summed E-state index contributed by atoms with van der Waals surface area (Å²) >= 11 is 0. The molecule has 4 N–H and O–H groups in total. The van der Waals surface area contributed by atoms with Crippen LogP contribution in [0.15, 0.2) is 73.1 Å². The standard InChI is InChI=1S/C47H54N8O6/c56-39(25-30-17-18-30)52-41(31-11-3-1-4-12-31)46(58)54-23-9-7-15-37(54)43-48-26-35(50-43)21-22-40-60-28-34(29-61-40)36-27-49-44(51-36)38-16-8-10-24-55(38)47(59)42(32-13-5-2-6-14-32)53-45(57)33-19-20-33/h1-6,11-14,26-27,30,33-34,37-38,40-42H,7-10,15-20,23-25,28-29H2,(H,48,50)(H,49,51)(H,52,56)(H,53,57)/t34?,37-,38-,40?,41-,42-/m0/s1. The zero-order chi connectivity index (χ0) is 41.7. The summed E-state index contributed by atoms with van der Waals surface area (Å²) in [7, 11) is 0. The van der Waals surface area contributed by atoms with E-state index in [0.717, 1.165) is 81.0 Å². The van der Waals surface area contributed by atoms with Gasteiger partial charge < -0.3 is 39.9 Å². The monoisotopic (exact) mass is 826 g/mol. The fourth-order valence-corrected chi connectivity index (χ4v) is 8.77. The normalized spacial score (nSPS) is 23.9. The Balaban J connectivity index is 0.818. The lowest BCUT2D eigenvalue weighted by atomic mass is 9.98. The minimum absolute atomic E-state index is 0.0123. The van der Waals surface area contributed by atoms with Gasteiger partial charge in [0.25, 0.3) is 0 Å². The maximum absolute atomic E-state index is 14.2. The van der Waals surface area contributed by atoms with Crippen LogP contribution >= 0.6 is 0 Å². The van der Waals surface area contributed by atoms with E-state index in [4.69, 9.17) is 14.5 Å². The second-order valence-electron chi connectivity index (χ2n) is 17.1. The van der Waals surface area contributed by atoms with Crippen molar-refractivity contribution in [2.24, 2.45) is 11.8 Å². The van der Waals surface area contributed by atoms with Crippen LogP contribution in [0, 0.1) is 23.7 Å². The van der Waals surface area contributed by atoms with Gasteiger partial charge in [-0.3, -0.25) is 19.2 Å². The summed E-state index contributed by atoms with van der Waals surface area (Å²) in [5.41, 5.74) is 2.99. The van der Waals surface area contributed by atoms with Crippen LogP contribution in [0.25, 0.3) is 0 Å². The Morgan fingerprint density at radius 1 is 0.705 bits per heavy atom. The molecule has 3 saturated heterocycles. The number of nitrogens with one attached hydrogen (secondary N) is 4. The molecule has 0 bridgehead atoms. The lowest BCUT2D eigenvalue weighted by Gasteiger charge is -2.37. The molecule has 2 aliphatic carbocycles. The maximum atomic E-state index is 14.2. The number of amides is 4. The van der Waals surface area contributed by atoms with Crippen LogP contribution in [-0.4, -0.2) is 86.0 Å². The van der Waals surface area contributed by atoms with Crippen LogP contribution in [0.4, 0.5) is 0 Å². The number of rotatable bonds is 12. The Bertz CT molecular complexity index is 2230. The molecule has 0 spiro atoms. The van der Waals surface area contributed by atoms with Crippen LogP contribution in [0.1, 0.15) is 135 Å². The van der Waals surface area contributed by atoms with E-state index in [9.17, 15) is 19.2 Å². The number of carbonyl (C=O) groups is 4. The first-order chi connectivity index (χ1) is 29.9. The van der Waals surface area contributed by atoms with Crippen molar-refractivity contribution in [3.63, 3.8) is 0 Å². The van der Waals surface area contributed by atoms with Crippen LogP contribution in [0.5, 0.6) is 0 Å². The topological polar surface area (TPSA) is 175 Å². The van der Waals surface area contributed by atoms with E-state index >= 15 is 0 Å². The molecule has 0 radical (unpaired) electrons. The van der Waals surface area contributed by atoms with E-state index in [1.165, 1.54) is 0 Å². The second kappa shape index (κ2) is 18.5. The average Bonchev–Trinajstić information content (AvgIpc) is 4.23. The minimum atomic E-state index is -0.768. The molecule has 9 rings (SSSR count). The Kier molecular flexibility index (Phi) is 12.3. The fourth-order valence-electron chi connectivity index (χ4n) is 8.77. The number of hydrogen-bond acceptors (Lipinski definition) is 8. The summed E-state index contributed by atoms with van der Waals surface area (Å²) in [5, 5.41) is 6.10. The molecule has 318 valence electrons. The number of piperidine rings is 2. The molecule has 2 saturated carbocycles. The Labute approximate surface area is 356 Å². The SMILES string of the molecule is O=C(CC1CC1)N[C@H](C(=O)N1CCCC[C@H]1c1ncc(C#CC2OCC(c3cnc([C@@H]4CCCCN4C(=O)[C@@H](NC(=O)C4CC4)c4ccccc4)[nH]3)CO2)[nH]1)c1ccccc1. The predicted octanol–water partition coefficient (Wildman–Crippen LogP) is 5.67. The van der Waals surface area contributed by atoms with E-state index in [2.05, 4.69) is 37.4 Å². The highest BCUT2D eigenvalue weighted by Crippen LogP contribution is 2.36. The van der Waals surface area contributed by atoms with Crippen molar-refractivity contribution in [2.75, 3.05) is 26.3 Å². The third kappa shape index (κ3) is 9.74. The van der Waals surface area contributed by atoms with Crippen LogP contribution in [0.3, 0.4) is 0 Å². The molecule has 14 nitrogen and oxygen atoms in total. The molecular formula is C47H54N8O6. The molecule has 4 amide bonds. The summed E-state index contributed by atoms with van der Waals surface area (Å²) in [6.45, 7) is 1.89. The molecule has 14 heteroatoms. The molecule has 5 aliphatic rings. The van der Waals surface area contributed by atoms with Crippen molar-refractivity contribution < 1.29 is 28.7 Å². The van der Waals surface area contributed by atoms with E-state index in [1.807, 2.05) is 70.5 Å². The number of H-pyrrole nitrogens is 2. The van der Waals surface area contributed by atoms with Gasteiger partial charge in [-0.25, -0.2) is 9.97 Å². The fraction of sp³-hybridized carbons (Fsp3) is 0.489. The maximum Gasteiger partial charge on any atom is 0.250 e. The molecule has 61 heavy (non-hydrogen) atoms. The van der Waals surface area contributed by atoms with Crippen molar-refractivity contribution in [1.82, 2.24) is 40.4 Å². The summed E-state index contributed by atoms with van der Waals surface area (Å²) in [5.74, 6) is 7.44. The van der Waals surface area contributed by atoms with Gasteiger partial charge in [0.15, 0.2) is 0 Å². The van der Waals surface area contributed by atoms with Gasteiger partial charge >= 0.3 is 0 Å². The third-order valence-corrected chi connectivity index (χ3v) is 12.5. The van der Waals surface area contributed by atoms with Gasteiger partial charge in [0.05, 0.1) is 31.5 Å². The minimum Gasteiger partial charge on any atom is -0.344 e. The van der Waals surface area contributed by atoms with Crippen LogP contribution < -0.4 is 10.6 Å². The number of carbonyl (C=O) groups excluding carboxylic acids is 4. The summed E-state index contributed by atoms with van der Waals surface area (Å²) < 4.78 is 12.1. The average molecular weight is 827 g/mol. The summed E-state index contributed by atoms with van der Waals surface area (Å²) in [6.07, 6.45) is 12.2. The quantitative estimate of drug-likeness (QED) is 0.132. The van der Waals surface area contributed by atoms with Gasteiger partial charge in [-0.2, -0.15) is 0 Å². The largest absolute Gasteiger partial charge is 0.344 e. The Morgan fingerprint density at radius 3 is 1.87 bits per heavy atom. The molecule has 4 atom stereocenters. The van der Waals surface area contributed by atoms with Gasteiger partial charge in [0.2, 0.25) is 29.9 Å². The highest BCUT2D eigenvalue weighted by molar-refractivity contribution is 5.91. The third-order valence-electron chi connectivity index (χ3n) is 12.5. The van der Waals surface area contributed by atoms with E-state index in [0.29, 0.717) is 56.0 Å². The smallest absolute Gasteiger partial charge is 0.250 e. The summed E-state index contributed by atoms with van der Waals surface area (Å²) in [6, 6.07) is 16.9. The van der Waals surface area contributed by atoms with E-state index < -0.39 is 18.4 Å². The molecule has 3 aliphatic heterocycles. The first-order valence-electron chi connectivity index (χ1n) is 22.0. The Morgan fingerprint density at radius 2 is 1.28 bits per heavy atom. The second-order valence-corrected chi connectivity index (χ2v) is 17.1. The van der Waals surface area contributed by atoms with Gasteiger partial charge in [-0.1, -0.05) is 60.7 Å². The first kappa shape index (κ1) is 40.6. The highest BCUT2D eigenvalue weighted by Gasteiger charge is 2.39. The zero-order valence-corrected chi connectivity index (χ0v) is 34.4. The Hall–Kier alpha value is -5.78. The van der Waals surface area contributed by atoms with Crippen molar-refractivity contribution in [3.8, 4) is 11.8 Å². The predicted molar refractivity (Wildman–Crippen MR) is 224 cm³/mol. The number of benzene rings is 2. The zero-order valence-electron chi connectivity index (χ0n) is 34.4. The molecule has 5 fully saturated rings. The van der Waals surface area contributed by atoms with Gasteiger partial charge in [0, 0.05) is 43.2 Å². The number of aromatic amines is 2. The molecule has 5 heterocycles. The van der Waals surface area contributed by atoms with E-state index in [-0.39, 0.29) is 47.5 Å². The first-order valence-corrected chi connectivity index (χ1v) is 22.0. The van der Waals surface area contributed by atoms with Crippen molar-refractivity contribution in [1.29, 1.82) is 0 Å². The van der Waals surface area contributed by atoms with Gasteiger partial charge in [-0.05, 0) is 93.1 Å². The highest BCUT2D eigenvalue weighted by atomic mass is 16.7. The van der Waals surface area contributed by atoms with E-state index in [1.54, 1.807) is 12.4 Å². The number of likely N-dealkylation sites (tertiary alicyclic amines) is 2. The number of nitrogens with zero attached hydrogens (tertiary/aromatic N) is 4. The lowest BCUT2D eigenvalue weighted by molar-refractivity contribution is -0.154. The van der Waals surface area contributed by atoms with Crippen molar-refractivity contribution in [3.05, 3.63) is 107 Å². The number of imidazole rings is 2. The summed E-state index contributed by atoms with van der Waals surface area (Å²) in [4.78, 5) is 74.2. The molecule has 4 aromatic rings. The number of hydrogen-bond donors (Lipinski definition) is 4. The van der Waals surface area contributed by atoms with Crippen LogP contribution in [0.2, 0.25) is 0 Å². The van der Waals surface area contributed by atoms with Crippen molar-refractivity contribution in [2.45, 2.75) is 107 Å². The van der Waals surface area contributed by atoms with Gasteiger partial charge in [0.1, 0.15) is 29.4 Å². The van der Waals surface area contributed by atoms with Crippen LogP contribution in [-0.2, 0) is 28.7 Å². The molecular weight excluding hydrogens is 773 g/mol. The van der Waals surface area contributed by atoms with Gasteiger partial charge in [-0.15, -0.1) is 0 Å². The van der Waals surface area contributed by atoms with Crippen molar-refractivity contribution >= 4 is 23.6 Å². The lowest BCUT2D eigenvalue weighted by Crippen LogP contribution is -2.46.